The molecular weight excluding hydrogens is 502 g/mol. The van der Waals surface area contributed by atoms with E-state index in [4.69, 9.17) is 9.72 Å². The number of nitrogens with one attached hydrogen (secondary N) is 1. The number of fused-ring (bicyclic) bond motifs is 2. The molecule has 1 aliphatic carbocycles. The Hall–Kier alpha value is -2.45. The first-order valence-electron chi connectivity index (χ1n) is 16.0. The molecule has 1 saturated carbocycles. The molecule has 0 radical (unpaired) electrons. The first-order chi connectivity index (χ1) is 19.6. The van der Waals surface area contributed by atoms with Crippen molar-refractivity contribution in [2.75, 3.05) is 50.8 Å². The summed E-state index contributed by atoms with van der Waals surface area (Å²) >= 11 is 0. The highest BCUT2D eigenvalue weighted by Crippen LogP contribution is 2.38. The molecule has 8 nitrogen and oxygen atoms in total. The predicted molar refractivity (Wildman–Crippen MR) is 159 cm³/mol. The lowest BCUT2D eigenvalue weighted by atomic mass is 9.81. The summed E-state index contributed by atoms with van der Waals surface area (Å²) in [7, 11) is 0. The maximum absolute atomic E-state index is 14.1. The third kappa shape index (κ3) is 5.29. The molecule has 1 aromatic carbocycles. The number of carbonyl (C=O) groups excluding carboxylic acids is 1. The summed E-state index contributed by atoms with van der Waals surface area (Å²) in [5, 5.41) is 3.50. The Kier molecular flexibility index (Phi) is 8.45. The van der Waals surface area contributed by atoms with Gasteiger partial charge in [0.2, 0.25) is 0 Å². The number of likely N-dealkylation sites (tertiary alicyclic amines) is 1. The molecule has 4 aliphatic rings. The van der Waals surface area contributed by atoms with Crippen molar-refractivity contribution in [1.29, 1.82) is 0 Å². The summed E-state index contributed by atoms with van der Waals surface area (Å²) in [6.45, 7) is 8.14. The molecule has 0 spiro atoms. The second kappa shape index (κ2) is 12.2. The van der Waals surface area contributed by atoms with E-state index in [1.807, 2.05) is 28.8 Å². The van der Waals surface area contributed by atoms with Crippen LogP contribution >= 0.6 is 0 Å². The number of piperidine rings is 1. The van der Waals surface area contributed by atoms with Crippen molar-refractivity contribution < 1.29 is 9.53 Å². The van der Waals surface area contributed by atoms with Crippen molar-refractivity contribution in [3.63, 3.8) is 0 Å². The van der Waals surface area contributed by atoms with E-state index >= 15 is 0 Å². The number of nitrogens with zero attached hydrogens (tertiary/aromatic N) is 4. The van der Waals surface area contributed by atoms with Gasteiger partial charge in [0.05, 0.1) is 17.6 Å². The Labute approximate surface area is 238 Å². The maximum atomic E-state index is 14.1. The molecule has 1 aromatic heterocycles. The van der Waals surface area contributed by atoms with E-state index in [-0.39, 0.29) is 17.6 Å². The van der Waals surface area contributed by atoms with Gasteiger partial charge in [-0.05, 0) is 56.1 Å². The minimum atomic E-state index is -0.517. The Balaban J connectivity index is 1.26. The van der Waals surface area contributed by atoms with Gasteiger partial charge in [0.25, 0.3) is 5.56 Å². The van der Waals surface area contributed by atoms with Crippen molar-refractivity contribution in [2.24, 2.45) is 11.8 Å². The third-order valence-electron chi connectivity index (χ3n) is 10.2. The molecule has 2 aromatic rings. The summed E-state index contributed by atoms with van der Waals surface area (Å²) in [6, 6.07) is 8.21. The number of carbonyl (C=O) groups is 1. The Morgan fingerprint density at radius 1 is 1.02 bits per heavy atom. The zero-order valence-electron chi connectivity index (χ0n) is 24.3. The van der Waals surface area contributed by atoms with E-state index in [2.05, 4.69) is 22.0 Å². The number of unbranched alkanes of at least 4 members (excludes halogenated alkanes) is 1. The lowest BCUT2D eigenvalue weighted by Crippen LogP contribution is -2.58. The van der Waals surface area contributed by atoms with Gasteiger partial charge in [-0.2, -0.15) is 0 Å². The fourth-order valence-electron chi connectivity index (χ4n) is 7.87. The van der Waals surface area contributed by atoms with Gasteiger partial charge in [-0.1, -0.05) is 57.6 Å². The Bertz CT molecular complexity index is 1220. The standard InChI is InChI=1S/C32H47N5O3/c1-2-3-19-40-31(39)32(15-9-5-4-6-10-16-32)36-17-13-26(14-18-36)37-28-12-8-7-11-27(28)34-29(30(37)38)35-22-24-20-33-21-25(24)23-35/h7-8,11-12,24-26,33H,2-6,9-10,13-23H2,1H3. The summed E-state index contributed by atoms with van der Waals surface area (Å²) in [6.07, 6.45) is 11.2. The minimum Gasteiger partial charge on any atom is -0.464 e. The zero-order chi connectivity index (χ0) is 27.5. The van der Waals surface area contributed by atoms with Crippen LogP contribution in [0.25, 0.3) is 11.0 Å². The summed E-state index contributed by atoms with van der Waals surface area (Å²) in [5.74, 6) is 1.80. The maximum Gasteiger partial charge on any atom is 0.326 e. The van der Waals surface area contributed by atoms with E-state index in [0.717, 1.165) is 102 Å². The number of benzene rings is 1. The van der Waals surface area contributed by atoms with E-state index in [1.165, 1.54) is 19.3 Å². The van der Waals surface area contributed by atoms with Gasteiger partial charge in [-0.25, -0.2) is 4.98 Å². The molecule has 8 heteroatoms. The summed E-state index contributed by atoms with van der Waals surface area (Å²) in [4.78, 5) is 37.4. The molecule has 218 valence electrons. The lowest BCUT2D eigenvalue weighted by molar-refractivity contribution is -0.162. The number of rotatable bonds is 7. The first kappa shape index (κ1) is 27.7. The predicted octanol–water partition coefficient (Wildman–Crippen LogP) is 4.52. The van der Waals surface area contributed by atoms with Gasteiger partial charge in [0.1, 0.15) is 5.54 Å². The average molecular weight is 550 g/mol. The van der Waals surface area contributed by atoms with Crippen LogP contribution in [-0.2, 0) is 9.53 Å². The highest BCUT2D eigenvalue weighted by Gasteiger charge is 2.46. The van der Waals surface area contributed by atoms with Crippen molar-refractivity contribution in [3.8, 4) is 0 Å². The third-order valence-corrected chi connectivity index (χ3v) is 10.2. The van der Waals surface area contributed by atoms with Crippen LogP contribution in [0.1, 0.15) is 83.6 Å². The van der Waals surface area contributed by atoms with Crippen molar-refractivity contribution >= 4 is 22.8 Å². The van der Waals surface area contributed by atoms with Gasteiger partial charge >= 0.3 is 5.97 Å². The largest absolute Gasteiger partial charge is 0.464 e. The van der Waals surface area contributed by atoms with E-state index in [1.54, 1.807) is 0 Å². The van der Waals surface area contributed by atoms with Crippen LogP contribution in [0.3, 0.4) is 0 Å². The van der Waals surface area contributed by atoms with Crippen LogP contribution in [-0.4, -0.2) is 71.8 Å². The van der Waals surface area contributed by atoms with Gasteiger partial charge < -0.3 is 19.5 Å². The molecular formula is C32H47N5O3. The molecule has 2 atom stereocenters. The molecule has 1 N–H and O–H groups in total. The van der Waals surface area contributed by atoms with E-state index in [9.17, 15) is 9.59 Å². The van der Waals surface area contributed by atoms with E-state index < -0.39 is 5.54 Å². The number of ether oxygens (including phenoxy) is 1. The number of anilines is 1. The van der Waals surface area contributed by atoms with Crippen LogP contribution < -0.4 is 15.8 Å². The second-order valence-corrected chi connectivity index (χ2v) is 12.7. The van der Waals surface area contributed by atoms with Gasteiger partial charge in [0.15, 0.2) is 5.82 Å². The summed E-state index contributed by atoms with van der Waals surface area (Å²) < 4.78 is 7.96. The highest BCUT2D eigenvalue weighted by atomic mass is 16.5. The van der Waals surface area contributed by atoms with Crippen LogP contribution in [0.2, 0.25) is 0 Å². The van der Waals surface area contributed by atoms with Crippen LogP contribution in [0, 0.1) is 11.8 Å². The number of hydrogen-bond acceptors (Lipinski definition) is 7. The number of esters is 1. The van der Waals surface area contributed by atoms with Crippen molar-refractivity contribution in [2.45, 2.75) is 89.1 Å². The molecule has 3 saturated heterocycles. The van der Waals surface area contributed by atoms with Crippen LogP contribution in [0.5, 0.6) is 0 Å². The first-order valence-corrected chi connectivity index (χ1v) is 16.0. The number of aromatic nitrogens is 2. The quantitative estimate of drug-likeness (QED) is 0.402. The molecule has 2 unspecified atom stereocenters. The molecule has 4 heterocycles. The average Bonchev–Trinajstić information content (AvgIpc) is 3.56. The molecule has 6 rings (SSSR count). The second-order valence-electron chi connectivity index (χ2n) is 12.7. The smallest absolute Gasteiger partial charge is 0.326 e. The van der Waals surface area contributed by atoms with Gasteiger partial charge in [-0.15, -0.1) is 0 Å². The molecule has 40 heavy (non-hydrogen) atoms. The fourth-order valence-corrected chi connectivity index (χ4v) is 7.87. The van der Waals surface area contributed by atoms with Gasteiger partial charge in [-0.3, -0.25) is 14.5 Å². The van der Waals surface area contributed by atoms with Gasteiger partial charge in [0, 0.05) is 45.3 Å². The number of para-hydroxylation sites is 2. The normalized spacial score (nSPS) is 26.0. The zero-order valence-corrected chi connectivity index (χ0v) is 24.3. The Morgan fingerprint density at radius 2 is 1.70 bits per heavy atom. The SMILES string of the molecule is CCCCOC(=O)C1(N2CCC(n3c(=O)c(N4CC5CNCC5C4)nc4ccccc43)CC2)CCCCCCC1. The lowest BCUT2D eigenvalue weighted by Gasteiger charge is -2.46. The molecule has 0 bridgehead atoms. The molecule has 3 aliphatic heterocycles. The van der Waals surface area contributed by atoms with Crippen molar-refractivity contribution in [1.82, 2.24) is 19.8 Å². The van der Waals surface area contributed by atoms with Crippen LogP contribution in [0.4, 0.5) is 5.82 Å². The van der Waals surface area contributed by atoms with E-state index in [0.29, 0.717) is 24.3 Å². The fraction of sp³-hybridized carbons (Fsp3) is 0.719. The topological polar surface area (TPSA) is 79.7 Å². The monoisotopic (exact) mass is 549 g/mol. The highest BCUT2D eigenvalue weighted by molar-refractivity contribution is 5.81. The molecule has 4 fully saturated rings. The number of hydrogen-bond donors (Lipinski definition) is 1. The minimum absolute atomic E-state index is 0.0100. The van der Waals surface area contributed by atoms with Crippen molar-refractivity contribution in [3.05, 3.63) is 34.6 Å². The van der Waals surface area contributed by atoms with Crippen LogP contribution in [0.15, 0.2) is 29.1 Å². The molecule has 0 amide bonds. The Morgan fingerprint density at radius 3 is 2.40 bits per heavy atom. The summed E-state index contributed by atoms with van der Waals surface area (Å²) in [5.41, 5.74) is 1.35.